The number of nitrogens with two attached hydrogens (primary N) is 1. The first-order chi connectivity index (χ1) is 21.4. The number of aromatic nitrogens is 3. The molecule has 1 aliphatic rings. The van der Waals surface area contributed by atoms with Gasteiger partial charge in [0.1, 0.15) is 11.8 Å². The predicted octanol–water partition coefficient (Wildman–Crippen LogP) is 9.51. The SMILES string of the molecule is C.C=C(CC)C(C)(C)C.CC.CNCC=O.COC(C)C.Cn1nc(N)c2ccc(C3CCC(CCPCc4ccccc4)C3)n21. The Balaban J connectivity index is 0. The maximum Gasteiger partial charge on any atom is 0.171 e. The molecule has 2 heterocycles. The maximum atomic E-state index is 9.34. The van der Waals surface area contributed by atoms with E-state index in [0.717, 1.165) is 32.7 Å². The van der Waals surface area contributed by atoms with Gasteiger partial charge in [-0.3, -0.25) is 0 Å². The molecule has 4 rings (SSSR count). The summed E-state index contributed by atoms with van der Waals surface area (Å²) in [7, 11) is 6.46. The molecule has 8 heteroatoms. The largest absolute Gasteiger partial charge is 0.382 e. The van der Waals surface area contributed by atoms with Gasteiger partial charge in [-0.1, -0.05) is 91.5 Å². The number of allylic oxidation sites excluding steroid dienone is 1. The highest BCUT2D eigenvalue weighted by Crippen LogP contribution is 2.41. The van der Waals surface area contributed by atoms with Crippen molar-refractivity contribution in [3.8, 4) is 0 Å². The number of hydrogen-bond acceptors (Lipinski definition) is 5. The van der Waals surface area contributed by atoms with Crippen LogP contribution in [0.2, 0.25) is 0 Å². The number of benzene rings is 1. The first kappa shape index (κ1) is 45.7. The van der Waals surface area contributed by atoms with E-state index in [1.807, 2.05) is 39.5 Å². The van der Waals surface area contributed by atoms with Crippen molar-refractivity contribution in [2.75, 3.05) is 32.6 Å². The second-order valence-corrected chi connectivity index (χ2v) is 13.8. The zero-order valence-corrected chi connectivity index (χ0v) is 31.5. The van der Waals surface area contributed by atoms with Crippen LogP contribution in [0.4, 0.5) is 5.82 Å². The van der Waals surface area contributed by atoms with Crippen molar-refractivity contribution in [2.24, 2.45) is 18.4 Å². The maximum absolute atomic E-state index is 9.34. The van der Waals surface area contributed by atoms with E-state index in [2.05, 4.69) is 91.7 Å². The lowest BCUT2D eigenvalue weighted by atomic mass is 9.86. The summed E-state index contributed by atoms with van der Waals surface area (Å²) in [5.74, 6) is 2.16. The van der Waals surface area contributed by atoms with E-state index in [9.17, 15) is 4.79 Å². The van der Waals surface area contributed by atoms with Crippen molar-refractivity contribution >= 4 is 26.2 Å². The molecule has 2 aromatic heterocycles. The smallest absolute Gasteiger partial charge is 0.171 e. The number of likely N-dealkylation sites (N-methyl/N-ethyl adjacent to an activating group) is 1. The molecule has 1 saturated carbocycles. The lowest BCUT2D eigenvalue weighted by molar-refractivity contribution is -0.107. The van der Waals surface area contributed by atoms with Gasteiger partial charge in [0, 0.05) is 25.8 Å². The molecule has 0 aliphatic heterocycles. The fourth-order valence-electron chi connectivity index (χ4n) is 4.88. The van der Waals surface area contributed by atoms with Crippen LogP contribution in [-0.2, 0) is 22.7 Å². The molecule has 0 radical (unpaired) electrons. The van der Waals surface area contributed by atoms with Crippen LogP contribution in [-0.4, -0.2) is 53.7 Å². The summed E-state index contributed by atoms with van der Waals surface area (Å²) < 4.78 is 6.94. The number of aryl methyl sites for hydroxylation is 1. The number of carbonyl (C=O) groups is 1. The molecule has 3 unspecified atom stereocenters. The van der Waals surface area contributed by atoms with Crippen LogP contribution < -0.4 is 11.1 Å². The van der Waals surface area contributed by atoms with E-state index in [0.29, 0.717) is 29.8 Å². The summed E-state index contributed by atoms with van der Waals surface area (Å²) in [4.78, 5) is 11.2. The summed E-state index contributed by atoms with van der Waals surface area (Å²) in [6.07, 6.45) is 10.3. The molecular formula is C38H70N5O2P. The van der Waals surface area contributed by atoms with Crippen LogP contribution in [0.15, 0.2) is 54.6 Å². The van der Waals surface area contributed by atoms with Crippen molar-refractivity contribution in [3.05, 3.63) is 65.9 Å². The van der Waals surface area contributed by atoms with Gasteiger partial charge >= 0.3 is 0 Å². The average Bonchev–Trinajstić information content (AvgIpc) is 3.75. The molecule has 46 heavy (non-hydrogen) atoms. The predicted molar refractivity (Wildman–Crippen MR) is 206 cm³/mol. The molecule has 0 spiro atoms. The number of nitrogens with one attached hydrogen (secondary N) is 1. The molecular weight excluding hydrogens is 589 g/mol. The monoisotopic (exact) mass is 660 g/mol. The minimum absolute atomic E-state index is 0. The number of rotatable bonds is 10. The lowest BCUT2D eigenvalue weighted by Gasteiger charge is -2.19. The Morgan fingerprint density at radius 3 is 2.24 bits per heavy atom. The van der Waals surface area contributed by atoms with Crippen molar-refractivity contribution in [1.82, 2.24) is 19.7 Å². The van der Waals surface area contributed by atoms with Gasteiger partial charge in [0.15, 0.2) is 5.82 Å². The van der Waals surface area contributed by atoms with Crippen molar-refractivity contribution in [2.45, 2.75) is 113 Å². The van der Waals surface area contributed by atoms with Gasteiger partial charge in [-0.15, -0.1) is 13.7 Å². The van der Waals surface area contributed by atoms with Gasteiger partial charge < -0.3 is 20.6 Å². The number of hydrogen-bond donors (Lipinski definition) is 2. The van der Waals surface area contributed by atoms with E-state index in [4.69, 9.17) is 10.5 Å². The third-order valence-electron chi connectivity index (χ3n) is 7.80. The van der Waals surface area contributed by atoms with E-state index in [1.165, 1.54) is 54.8 Å². The fourth-order valence-corrected chi connectivity index (χ4v) is 6.19. The van der Waals surface area contributed by atoms with Crippen LogP contribution in [0, 0.1) is 11.3 Å². The van der Waals surface area contributed by atoms with Gasteiger partial charge in [0.2, 0.25) is 0 Å². The van der Waals surface area contributed by atoms with Crippen molar-refractivity contribution in [1.29, 1.82) is 0 Å². The molecule has 0 bridgehead atoms. The van der Waals surface area contributed by atoms with E-state index >= 15 is 0 Å². The fraction of sp³-hybridized carbons (Fsp3) is 0.632. The zero-order chi connectivity index (χ0) is 34.4. The Labute approximate surface area is 284 Å². The summed E-state index contributed by atoms with van der Waals surface area (Å²) >= 11 is 0. The quantitative estimate of drug-likeness (QED) is 0.0980. The lowest BCUT2D eigenvalue weighted by Crippen LogP contribution is -2.07. The highest BCUT2D eigenvalue weighted by atomic mass is 31.1. The molecule has 3 atom stereocenters. The van der Waals surface area contributed by atoms with E-state index < -0.39 is 0 Å². The Bertz CT molecular complexity index is 1180. The van der Waals surface area contributed by atoms with Gasteiger partial charge in [-0.25, -0.2) is 9.31 Å². The van der Waals surface area contributed by atoms with Crippen molar-refractivity contribution < 1.29 is 9.53 Å². The molecule has 1 fully saturated rings. The molecule has 1 aromatic carbocycles. The van der Waals surface area contributed by atoms with E-state index in [1.54, 1.807) is 14.2 Å². The minimum Gasteiger partial charge on any atom is -0.382 e. The number of aldehydes is 1. The van der Waals surface area contributed by atoms with E-state index in [-0.39, 0.29) is 7.43 Å². The summed E-state index contributed by atoms with van der Waals surface area (Å²) in [5.41, 5.74) is 11.6. The zero-order valence-electron chi connectivity index (χ0n) is 30.5. The number of carbonyl (C=O) groups excluding carboxylic acids is 1. The number of ether oxygens (including phenoxy) is 1. The number of methoxy groups -OCH3 is 1. The normalized spacial score (nSPS) is 15.4. The van der Waals surface area contributed by atoms with Crippen LogP contribution in [0.3, 0.4) is 0 Å². The summed E-state index contributed by atoms with van der Waals surface area (Å²) in [6, 6.07) is 15.2. The van der Waals surface area contributed by atoms with Gasteiger partial charge in [-0.2, -0.15) is 0 Å². The highest BCUT2D eigenvalue weighted by Gasteiger charge is 2.28. The third-order valence-corrected chi connectivity index (χ3v) is 9.10. The molecule has 7 nitrogen and oxygen atoms in total. The first-order valence-corrected chi connectivity index (χ1v) is 18.1. The van der Waals surface area contributed by atoms with Crippen LogP contribution in [0.5, 0.6) is 0 Å². The number of anilines is 1. The van der Waals surface area contributed by atoms with Gasteiger partial charge in [0.05, 0.1) is 12.6 Å². The topological polar surface area (TPSA) is 86.6 Å². The standard InChI is InChI=1S/C20H27N4P.C8H16.C4H10O.C3H7NO.C2H6.CH4/c1-23-22-20(21)19-10-9-18(24(19)23)17-8-7-15(13-17)11-12-25-14-16-5-3-2-4-6-16;1-6-7(2)8(3,4)5;1-4(2)5-3;1-4-2-3-5;1-2;/h2-6,9-10,15,17,25H,7-8,11-14H2,1H3,(H2,21,22);2,6H2,1,3-5H3;4H,1-3H3;3-4H,2H2,1H3;1-2H3;1H4. The highest BCUT2D eigenvalue weighted by molar-refractivity contribution is 7.37. The van der Waals surface area contributed by atoms with Gasteiger partial charge in [0.25, 0.3) is 0 Å². The van der Waals surface area contributed by atoms with Gasteiger partial charge in [-0.05, 0) is 94.4 Å². The Morgan fingerprint density at radius 2 is 1.78 bits per heavy atom. The summed E-state index contributed by atoms with van der Waals surface area (Å²) in [5, 5.41) is 7.00. The number of fused-ring (bicyclic) bond motifs is 1. The molecule has 3 aromatic rings. The van der Waals surface area contributed by atoms with Crippen LogP contribution in [0.25, 0.3) is 5.52 Å². The van der Waals surface area contributed by atoms with Crippen LogP contribution in [0.1, 0.15) is 112 Å². The minimum atomic E-state index is 0. The molecule has 1 aliphatic carbocycles. The second kappa shape index (κ2) is 25.6. The Kier molecular flexibility index (Phi) is 25.4. The second-order valence-electron chi connectivity index (χ2n) is 12.5. The third kappa shape index (κ3) is 17.4. The molecule has 264 valence electrons. The Morgan fingerprint density at radius 1 is 1.17 bits per heavy atom. The van der Waals surface area contributed by atoms with Crippen molar-refractivity contribution in [3.63, 3.8) is 0 Å². The number of nitrogen functional groups attached to an aromatic ring is 1. The summed E-state index contributed by atoms with van der Waals surface area (Å²) in [6.45, 7) is 21.1. The average molecular weight is 660 g/mol. The first-order valence-electron chi connectivity index (χ1n) is 16.7. The van der Waals surface area contributed by atoms with Crippen LogP contribution >= 0.6 is 8.58 Å². The molecule has 0 amide bonds. The number of nitrogens with zero attached hydrogens (tertiary/aromatic N) is 3. The Hall–Kier alpha value is -2.47. The molecule has 3 N–H and O–H groups in total. The molecule has 0 saturated heterocycles.